The predicted octanol–water partition coefficient (Wildman–Crippen LogP) is 3.57. The Morgan fingerprint density at radius 3 is 2.32 bits per heavy atom. The highest BCUT2D eigenvalue weighted by atomic mass is 19.1. The Bertz CT molecular complexity index is 605. The first kappa shape index (κ1) is 13.3. The summed E-state index contributed by atoms with van der Waals surface area (Å²) in [6, 6.07) is 13.6. The second kappa shape index (κ2) is 4.84. The van der Waals surface area contributed by atoms with Gasteiger partial charge in [-0.2, -0.15) is 0 Å². The normalized spacial score (nSPS) is 11.3. The second-order valence-corrected chi connectivity index (χ2v) is 5.06. The summed E-state index contributed by atoms with van der Waals surface area (Å²) in [6.45, 7) is 3.70. The lowest BCUT2D eigenvalue weighted by Gasteiger charge is -2.24. The van der Waals surface area contributed by atoms with Gasteiger partial charge in [-0.15, -0.1) is 0 Å². The molecule has 0 aliphatic heterocycles. The summed E-state index contributed by atoms with van der Waals surface area (Å²) in [4.78, 5) is 12.6. The molecule has 2 aromatic carbocycles. The molecule has 0 aliphatic rings. The third kappa shape index (κ3) is 2.50. The van der Waals surface area contributed by atoms with Crippen LogP contribution in [0.2, 0.25) is 0 Å². The lowest BCUT2D eigenvalue weighted by molar-refractivity contribution is 0.0909. The van der Waals surface area contributed by atoms with Crippen molar-refractivity contribution in [1.29, 1.82) is 0 Å². The number of hydrogen-bond donors (Lipinski definition) is 1. The number of carbonyl (C=O) groups is 1. The van der Waals surface area contributed by atoms with Crippen molar-refractivity contribution in [3.63, 3.8) is 0 Å². The van der Waals surface area contributed by atoms with E-state index >= 15 is 0 Å². The fourth-order valence-electron chi connectivity index (χ4n) is 2.03. The van der Waals surface area contributed by atoms with Crippen LogP contribution in [0.3, 0.4) is 0 Å². The zero-order valence-corrected chi connectivity index (χ0v) is 11.0. The van der Waals surface area contributed by atoms with E-state index in [9.17, 15) is 9.18 Å². The van der Waals surface area contributed by atoms with E-state index in [1.54, 1.807) is 0 Å². The Morgan fingerprint density at radius 1 is 1.11 bits per heavy atom. The summed E-state index contributed by atoms with van der Waals surface area (Å²) in [6.07, 6.45) is 0. The summed E-state index contributed by atoms with van der Waals surface area (Å²) < 4.78 is 13.1. The molecule has 0 saturated heterocycles. The van der Waals surface area contributed by atoms with Crippen molar-refractivity contribution in [2.75, 3.05) is 5.73 Å². The van der Waals surface area contributed by atoms with Crippen molar-refractivity contribution in [2.24, 2.45) is 0 Å². The fourth-order valence-corrected chi connectivity index (χ4v) is 2.03. The average molecular weight is 257 g/mol. The van der Waals surface area contributed by atoms with Crippen LogP contribution >= 0.6 is 0 Å². The molecule has 0 saturated carbocycles. The molecule has 0 aliphatic carbocycles. The lowest BCUT2D eigenvalue weighted by atomic mass is 9.78. The number of nitrogens with two attached hydrogens (primary N) is 1. The van der Waals surface area contributed by atoms with Gasteiger partial charge in [0.05, 0.1) is 11.1 Å². The van der Waals surface area contributed by atoms with Crippen molar-refractivity contribution >= 4 is 11.5 Å². The number of Topliss-reactive ketones (excluding diaryl/α,β-unsaturated/α-hetero) is 1. The maximum Gasteiger partial charge on any atom is 0.172 e. The van der Waals surface area contributed by atoms with E-state index in [4.69, 9.17) is 5.73 Å². The monoisotopic (exact) mass is 257 g/mol. The first-order chi connectivity index (χ1) is 8.93. The molecule has 2 N–H and O–H groups in total. The number of hydrogen-bond acceptors (Lipinski definition) is 2. The Kier molecular flexibility index (Phi) is 3.38. The zero-order valence-electron chi connectivity index (χ0n) is 11.0. The molecule has 0 fully saturated rings. The molecule has 0 spiro atoms. The van der Waals surface area contributed by atoms with Crippen LogP contribution in [0.25, 0.3) is 0 Å². The molecule has 2 aromatic rings. The van der Waals surface area contributed by atoms with Gasteiger partial charge in [0.1, 0.15) is 5.82 Å². The van der Waals surface area contributed by atoms with Crippen molar-refractivity contribution in [3.05, 3.63) is 65.5 Å². The highest BCUT2D eigenvalue weighted by Crippen LogP contribution is 2.28. The van der Waals surface area contributed by atoms with E-state index in [2.05, 4.69) is 0 Å². The summed E-state index contributed by atoms with van der Waals surface area (Å²) in [5, 5.41) is 0. The fraction of sp³-hybridized carbons (Fsp3) is 0.188. The highest BCUT2D eigenvalue weighted by Gasteiger charge is 2.30. The lowest BCUT2D eigenvalue weighted by Crippen LogP contribution is -2.29. The van der Waals surface area contributed by atoms with E-state index in [1.807, 2.05) is 44.2 Å². The van der Waals surface area contributed by atoms with Crippen molar-refractivity contribution < 1.29 is 9.18 Å². The highest BCUT2D eigenvalue weighted by molar-refractivity contribution is 6.04. The summed E-state index contributed by atoms with van der Waals surface area (Å²) >= 11 is 0. The van der Waals surface area contributed by atoms with E-state index in [0.717, 1.165) is 5.56 Å². The third-order valence-electron chi connectivity index (χ3n) is 3.32. The maximum absolute atomic E-state index is 13.1. The van der Waals surface area contributed by atoms with Gasteiger partial charge in [0.15, 0.2) is 5.78 Å². The number of carbonyl (C=O) groups excluding carboxylic acids is 1. The Hall–Kier alpha value is -2.16. The number of ketones is 1. The number of anilines is 1. The standard InChI is InChI=1S/C16H16FNO/c1-16(2,12-6-4-3-5-7-12)15(19)11-8-9-13(17)14(18)10-11/h3-10H,18H2,1-2H3. The largest absolute Gasteiger partial charge is 0.396 e. The number of rotatable bonds is 3. The van der Waals surface area contributed by atoms with Gasteiger partial charge in [-0.25, -0.2) is 4.39 Å². The topological polar surface area (TPSA) is 43.1 Å². The second-order valence-electron chi connectivity index (χ2n) is 5.06. The molecule has 19 heavy (non-hydrogen) atoms. The molecule has 0 amide bonds. The quantitative estimate of drug-likeness (QED) is 0.674. The zero-order chi connectivity index (χ0) is 14.0. The van der Waals surface area contributed by atoms with E-state index in [-0.39, 0.29) is 11.5 Å². The van der Waals surface area contributed by atoms with Crippen LogP contribution in [0.15, 0.2) is 48.5 Å². The molecule has 0 bridgehead atoms. The minimum absolute atomic E-state index is 0.00490. The van der Waals surface area contributed by atoms with Gasteiger partial charge in [0, 0.05) is 5.56 Å². The average Bonchev–Trinajstić information content (AvgIpc) is 2.42. The maximum atomic E-state index is 13.1. The minimum atomic E-state index is -0.675. The summed E-state index contributed by atoms with van der Waals surface area (Å²) in [5.74, 6) is -0.584. The molecule has 0 atom stereocenters. The van der Waals surface area contributed by atoms with Crippen LogP contribution in [0.5, 0.6) is 0 Å². The summed E-state index contributed by atoms with van der Waals surface area (Å²) in [5.41, 5.74) is 6.18. The molecule has 2 rings (SSSR count). The molecule has 3 heteroatoms. The Labute approximate surface area is 112 Å². The van der Waals surface area contributed by atoms with Crippen molar-refractivity contribution in [2.45, 2.75) is 19.3 Å². The van der Waals surface area contributed by atoms with Crippen molar-refractivity contribution in [3.8, 4) is 0 Å². The molecule has 0 radical (unpaired) electrons. The van der Waals surface area contributed by atoms with Gasteiger partial charge in [0.2, 0.25) is 0 Å². The van der Waals surface area contributed by atoms with Crippen LogP contribution in [0.4, 0.5) is 10.1 Å². The first-order valence-electron chi connectivity index (χ1n) is 6.08. The van der Waals surface area contributed by atoms with Crippen LogP contribution in [0, 0.1) is 5.82 Å². The Balaban J connectivity index is 2.40. The first-order valence-corrected chi connectivity index (χ1v) is 6.08. The van der Waals surface area contributed by atoms with E-state index < -0.39 is 11.2 Å². The van der Waals surface area contributed by atoms with E-state index in [1.165, 1.54) is 18.2 Å². The predicted molar refractivity (Wildman–Crippen MR) is 74.6 cm³/mol. The molecular weight excluding hydrogens is 241 g/mol. The van der Waals surface area contributed by atoms with Crippen LogP contribution in [-0.2, 0) is 5.41 Å². The van der Waals surface area contributed by atoms with Gasteiger partial charge >= 0.3 is 0 Å². The van der Waals surface area contributed by atoms with Gasteiger partial charge in [0.25, 0.3) is 0 Å². The number of halogens is 1. The Morgan fingerprint density at radius 2 is 1.74 bits per heavy atom. The third-order valence-corrected chi connectivity index (χ3v) is 3.32. The van der Waals surface area contributed by atoms with Gasteiger partial charge in [-0.3, -0.25) is 4.79 Å². The molecule has 98 valence electrons. The van der Waals surface area contributed by atoms with E-state index in [0.29, 0.717) is 5.56 Å². The smallest absolute Gasteiger partial charge is 0.172 e. The van der Waals surface area contributed by atoms with Gasteiger partial charge in [-0.05, 0) is 37.6 Å². The molecule has 2 nitrogen and oxygen atoms in total. The van der Waals surface area contributed by atoms with Crippen LogP contribution in [-0.4, -0.2) is 5.78 Å². The van der Waals surface area contributed by atoms with Crippen molar-refractivity contribution in [1.82, 2.24) is 0 Å². The van der Waals surface area contributed by atoms with Crippen LogP contribution in [0.1, 0.15) is 29.8 Å². The summed E-state index contributed by atoms with van der Waals surface area (Å²) in [7, 11) is 0. The van der Waals surface area contributed by atoms with Gasteiger partial charge < -0.3 is 5.73 Å². The molecule has 0 aromatic heterocycles. The molecular formula is C16H16FNO. The number of benzene rings is 2. The number of nitrogen functional groups attached to an aromatic ring is 1. The molecule has 0 heterocycles. The molecule has 0 unspecified atom stereocenters. The van der Waals surface area contributed by atoms with Gasteiger partial charge in [-0.1, -0.05) is 30.3 Å². The minimum Gasteiger partial charge on any atom is -0.396 e. The van der Waals surface area contributed by atoms with Crippen LogP contribution < -0.4 is 5.73 Å². The SMILES string of the molecule is CC(C)(C(=O)c1ccc(F)c(N)c1)c1ccccc1.